The normalized spacial score (nSPS) is 13.1. The lowest BCUT2D eigenvalue weighted by molar-refractivity contribution is 0.270. The second-order valence-electron chi connectivity index (χ2n) is 3.82. The van der Waals surface area contributed by atoms with E-state index in [1.54, 1.807) is 0 Å². The molecular formula is C11H13BClNO2S. The molecule has 1 N–H and O–H groups in total. The van der Waals surface area contributed by atoms with E-state index < -0.39 is 0 Å². The molecule has 0 saturated heterocycles. The smallest absolute Gasteiger partial charge is 0.310 e. The molecule has 1 aromatic carbocycles. The van der Waals surface area contributed by atoms with Crippen LogP contribution in [0.5, 0.6) is 0 Å². The predicted molar refractivity (Wildman–Crippen MR) is 74.8 cm³/mol. The van der Waals surface area contributed by atoms with Crippen molar-refractivity contribution in [3.8, 4) is 0 Å². The Morgan fingerprint density at radius 3 is 3.24 bits per heavy atom. The summed E-state index contributed by atoms with van der Waals surface area (Å²) < 4.78 is 5.32. The van der Waals surface area contributed by atoms with Crippen LogP contribution in [0.25, 0.3) is 0 Å². The number of thioether (sulfide) groups is 1. The Kier molecular flexibility index (Phi) is 4.37. The van der Waals surface area contributed by atoms with Crippen molar-refractivity contribution >= 4 is 47.2 Å². The van der Waals surface area contributed by atoms with Crippen molar-refractivity contribution in [2.24, 2.45) is 0 Å². The summed E-state index contributed by atoms with van der Waals surface area (Å²) in [6.07, 6.45) is 0.976. The molecule has 0 radical (unpaired) electrons. The number of fused-ring (bicyclic) bond motifs is 1. The lowest BCUT2D eigenvalue weighted by Gasteiger charge is -2.09. The Morgan fingerprint density at radius 1 is 1.65 bits per heavy atom. The summed E-state index contributed by atoms with van der Waals surface area (Å²) in [6, 6.07) is 3.79. The highest BCUT2D eigenvalue weighted by Crippen LogP contribution is 2.24. The molecule has 0 unspecified atom stereocenters. The summed E-state index contributed by atoms with van der Waals surface area (Å²) in [5.74, 6) is 0.817. The van der Waals surface area contributed by atoms with Crippen molar-refractivity contribution in [3.63, 3.8) is 0 Å². The van der Waals surface area contributed by atoms with Crippen LogP contribution in [0.15, 0.2) is 12.1 Å². The van der Waals surface area contributed by atoms with Crippen molar-refractivity contribution in [1.82, 2.24) is 0 Å². The van der Waals surface area contributed by atoms with Gasteiger partial charge >= 0.3 is 7.48 Å². The van der Waals surface area contributed by atoms with E-state index in [1.165, 1.54) is 11.8 Å². The maximum Gasteiger partial charge on any atom is 0.310 e. The van der Waals surface area contributed by atoms with E-state index in [0.29, 0.717) is 24.8 Å². The molecule has 0 bridgehead atoms. The number of benzene rings is 1. The second-order valence-corrected chi connectivity index (χ2v) is 5.26. The third-order valence-corrected chi connectivity index (χ3v) is 3.93. The highest BCUT2D eigenvalue weighted by atomic mass is 35.5. The number of rotatable bonds is 3. The molecule has 0 aliphatic carbocycles. The maximum absolute atomic E-state index is 11.6. The Balaban J connectivity index is 2.09. The molecule has 0 atom stereocenters. The van der Waals surface area contributed by atoms with Crippen LogP contribution in [0, 0.1) is 0 Å². The van der Waals surface area contributed by atoms with Gasteiger partial charge < -0.3 is 9.97 Å². The number of carbonyl (C=O) groups excluding carboxylic acids is 1. The van der Waals surface area contributed by atoms with Crippen LogP contribution in [0.1, 0.15) is 18.9 Å². The molecule has 17 heavy (non-hydrogen) atoms. The van der Waals surface area contributed by atoms with Crippen LogP contribution in [0.4, 0.5) is 10.5 Å². The number of hydrogen-bond donors (Lipinski definition) is 1. The van der Waals surface area contributed by atoms with Gasteiger partial charge in [-0.05, 0) is 23.5 Å². The van der Waals surface area contributed by atoms with E-state index in [4.69, 9.17) is 16.3 Å². The van der Waals surface area contributed by atoms with Crippen LogP contribution in [-0.2, 0) is 11.3 Å². The average molecular weight is 270 g/mol. The molecule has 1 heterocycles. The Bertz CT molecular complexity index is 442. The Hall–Kier alpha value is -0.645. The third-order valence-electron chi connectivity index (χ3n) is 2.52. The van der Waals surface area contributed by atoms with E-state index in [9.17, 15) is 4.79 Å². The Morgan fingerprint density at radius 2 is 2.47 bits per heavy atom. The highest BCUT2D eigenvalue weighted by molar-refractivity contribution is 8.13. The topological polar surface area (TPSA) is 38.3 Å². The molecule has 0 spiro atoms. The molecule has 6 heteroatoms. The van der Waals surface area contributed by atoms with Crippen molar-refractivity contribution < 1.29 is 9.45 Å². The first kappa shape index (κ1) is 12.8. The van der Waals surface area contributed by atoms with Gasteiger partial charge in [-0.1, -0.05) is 36.4 Å². The Labute approximate surface area is 111 Å². The minimum absolute atomic E-state index is 0.0624. The minimum Gasteiger partial charge on any atom is -0.430 e. The fraction of sp³-hybridized carbons (Fsp3) is 0.364. The molecule has 1 aliphatic rings. The van der Waals surface area contributed by atoms with Crippen LogP contribution in [0.2, 0.25) is 5.02 Å². The summed E-state index contributed by atoms with van der Waals surface area (Å²) in [6.45, 7) is 2.65. The largest absolute Gasteiger partial charge is 0.430 e. The number of carbonyl (C=O) groups is 1. The molecule has 90 valence electrons. The van der Waals surface area contributed by atoms with Crippen LogP contribution in [-0.4, -0.2) is 18.5 Å². The summed E-state index contributed by atoms with van der Waals surface area (Å²) in [5, 5.41) is 3.35. The average Bonchev–Trinajstić information content (AvgIpc) is 2.79. The fourth-order valence-electron chi connectivity index (χ4n) is 1.65. The van der Waals surface area contributed by atoms with E-state index >= 15 is 0 Å². The summed E-state index contributed by atoms with van der Waals surface area (Å²) in [7, 11) is 0.528. The predicted octanol–water partition coefficient (Wildman–Crippen LogP) is 2.52. The van der Waals surface area contributed by atoms with Gasteiger partial charge in [0.2, 0.25) is 0 Å². The standard InChI is InChI=1S/C11H13BClNO2S/c1-2-5-17-11(15)14-8-4-3-7-6-16-12-9(7)10(8)13/h3-4,12H,2,5-6H2,1H3,(H,14,15). The van der Waals surface area contributed by atoms with Crippen molar-refractivity contribution in [2.75, 3.05) is 11.1 Å². The van der Waals surface area contributed by atoms with Crippen molar-refractivity contribution in [3.05, 3.63) is 22.7 Å². The molecule has 2 rings (SSSR count). The zero-order valence-corrected chi connectivity index (χ0v) is 11.2. The van der Waals surface area contributed by atoms with Gasteiger partial charge in [0.1, 0.15) is 0 Å². The van der Waals surface area contributed by atoms with Gasteiger partial charge in [-0.25, -0.2) is 0 Å². The van der Waals surface area contributed by atoms with Crippen molar-refractivity contribution in [1.29, 1.82) is 0 Å². The van der Waals surface area contributed by atoms with E-state index in [0.717, 1.165) is 23.2 Å². The molecule has 1 aliphatic heterocycles. The van der Waals surface area contributed by atoms with Gasteiger partial charge in [-0.2, -0.15) is 0 Å². The summed E-state index contributed by atoms with van der Waals surface area (Å²) >= 11 is 7.50. The van der Waals surface area contributed by atoms with Crippen molar-refractivity contribution in [2.45, 2.75) is 20.0 Å². The molecule has 0 aromatic heterocycles. The number of halogens is 1. The van der Waals surface area contributed by atoms with Crippen LogP contribution >= 0.6 is 23.4 Å². The molecule has 1 amide bonds. The number of amides is 1. The first-order valence-electron chi connectivity index (χ1n) is 5.54. The van der Waals surface area contributed by atoms with Gasteiger partial charge in [0.25, 0.3) is 5.24 Å². The SMILES string of the molecule is CCCSC(=O)Nc1ccc2c(c1Cl)BOC2. The number of anilines is 1. The maximum atomic E-state index is 11.6. The van der Waals surface area contributed by atoms with Crippen LogP contribution in [0.3, 0.4) is 0 Å². The summed E-state index contributed by atoms with van der Waals surface area (Å²) in [5.41, 5.74) is 2.77. The monoisotopic (exact) mass is 269 g/mol. The third kappa shape index (κ3) is 2.97. The minimum atomic E-state index is -0.0624. The fourth-order valence-corrected chi connectivity index (χ4v) is 2.51. The first-order chi connectivity index (χ1) is 8.22. The first-order valence-corrected chi connectivity index (χ1v) is 6.90. The van der Waals surface area contributed by atoms with Gasteiger partial charge in [0, 0.05) is 5.75 Å². The number of nitrogens with one attached hydrogen (secondary N) is 1. The summed E-state index contributed by atoms with van der Waals surface area (Å²) in [4.78, 5) is 11.6. The quantitative estimate of drug-likeness (QED) is 0.857. The second kappa shape index (κ2) is 5.80. The van der Waals surface area contributed by atoms with Gasteiger partial charge in [0.15, 0.2) is 0 Å². The molecule has 0 fully saturated rings. The highest BCUT2D eigenvalue weighted by Gasteiger charge is 2.19. The number of hydrogen-bond acceptors (Lipinski definition) is 3. The molecular weight excluding hydrogens is 256 g/mol. The van der Waals surface area contributed by atoms with Gasteiger partial charge in [-0.3, -0.25) is 4.79 Å². The molecule has 0 saturated carbocycles. The van der Waals surface area contributed by atoms with E-state index in [2.05, 4.69) is 5.32 Å². The zero-order chi connectivity index (χ0) is 12.3. The van der Waals surface area contributed by atoms with E-state index in [1.807, 2.05) is 19.1 Å². The van der Waals surface area contributed by atoms with Gasteiger partial charge in [0.05, 0.1) is 17.3 Å². The zero-order valence-electron chi connectivity index (χ0n) is 9.59. The van der Waals surface area contributed by atoms with E-state index in [-0.39, 0.29) is 5.24 Å². The lowest BCUT2D eigenvalue weighted by atomic mass is 9.87. The van der Waals surface area contributed by atoms with Gasteiger partial charge in [-0.15, -0.1) is 0 Å². The molecule has 3 nitrogen and oxygen atoms in total. The lowest BCUT2D eigenvalue weighted by Crippen LogP contribution is -2.16. The van der Waals surface area contributed by atoms with Crippen LogP contribution < -0.4 is 10.8 Å². The molecule has 1 aromatic rings.